The summed E-state index contributed by atoms with van der Waals surface area (Å²) in [7, 11) is -3.88. The number of sulfonamides is 1. The lowest BCUT2D eigenvalue weighted by molar-refractivity contribution is -0.131. The van der Waals surface area contributed by atoms with Crippen LogP contribution < -0.4 is 4.31 Å². The highest BCUT2D eigenvalue weighted by Gasteiger charge is 2.30. The van der Waals surface area contributed by atoms with E-state index in [4.69, 9.17) is 0 Å². The molecule has 0 atom stereocenters. The molecule has 0 N–H and O–H groups in total. The lowest BCUT2D eigenvalue weighted by Crippen LogP contribution is -2.51. The van der Waals surface area contributed by atoms with Crippen LogP contribution in [-0.4, -0.2) is 56.8 Å². The number of hydrogen-bond acceptors (Lipinski definition) is 4. The average molecular weight is 464 g/mol. The van der Waals surface area contributed by atoms with E-state index in [0.717, 1.165) is 25.2 Å². The Labute approximate surface area is 196 Å². The van der Waals surface area contributed by atoms with Gasteiger partial charge in [-0.05, 0) is 42.3 Å². The van der Waals surface area contributed by atoms with Crippen molar-refractivity contribution in [3.8, 4) is 0 Å². The van der Waals surface area contributed by atoms with E-state index in [1.165, 1.54) is 9.87 Å². The lowest BCUT2D eigenvalue weighted by atomic mass is 10.2. The maximum absolute atomic E-state index is 13.5. The molecule has 0 unspecified atom stereocenters. The zero-order chi connectivity index (χ0) is 23.3. The minimum atomic E-state index is -3.88. The van der Waals surface area contributed by atoms with E-state index < -0.39 is 10.0 Å². The zero-order valence-electron chi connectivity index (χ0n) is 18.8. The van der Waals surface area contributed by atoms with Crippen LogP contribution in [-0.2, 0) is 21.4 Å². The van der Waals surface area contributed by atoms with Crippen LogP contribution in [0.3, 0.4) is 0 Å². The van der Waals surface area contributed by atoms with Crippen LogP contribution in [0.1, 0.15) is 11.1 Å². The smallest absolute Gasteiger partial charge is 0.264 e. The molecule has 1 fully saturated rings. The highest BCUT2D eigenvalue weighted by Crippen LogP contribution is 2.25. The van der Waals surface area contributed by atoms with Crippen LogP contribution in [0, 0.1) is 6.92 Å². The van der Waals surface area contributed by atoms with Gasteiger partial charge in [0.2, 0.25) is 5.91 Å². The molecule has 3 aromatic carbocycles. The fourth-order valence-corrected chi connectivity index (χ4v) is 5.46. The summed E-state index contributed by atoms with van der Waals surface area (Å²) in [5, 5.41) is 0. The second kappa shape index (κ2) is 10.2. The maximum atomic E-state index is 13.5. The van der Waals surface area contributed by atoms with Crippen molar-refractivity contribution in [3.63, 3.8) is 0 Å². The van der Waals surface area contributed by atoms with Gasteiger partial charge in [0, 0.05) is 32.7 Å². The highest BCUT2D eigenvalue weighted by atomic mass is 32.2. The second-order valence-corrected chi connectivity index (χ2v) is 10.2. The molecule has 0 aliphatic carbocycles. The molecule has 33 heavy (non-hydrogen) atoms. The van der Waals surface area contributed by atoms with Gasteiger partial charge in [0.05, 0.1) is 10.6 Å². The first kappa shape index (κ1) is 23.0. The molecule has 1 amide bonds. The minimum Gasteiger partial charge on any atom is -0.339 e. The molecule has 0 aromatic heterocycles. The van der Waals surface area contributed by atoms with Crippen LogP contribution in [0.2, 0.25) is 0 Å². The fraction of sp³-hybridized carbons (Fsp3) is 0.269. The molecule has 0 spiro atoms. The second-order valence-electron chi connectivity index (χ2n) is 8.31. The van der Waals surface area contributed by atoms with Gasteiger partial charge in [0.25, 0.3) is 10.0 Å². The molecule has 0 radical (unpaired) electrons. The number of rotatable bonds is 7. The van der Waals surface area contributed by atoms with Crippen molar-refractivity contribution in [3.05, 3.63) is 96.1 Å². The molecular weight excluding hydrogens is 434 g/mol. The molecule has 172 valence electrons. The van der Waals surface area contributed by atoms with Gasteiger partial charge >= 0.3 is 0 Å². The Morgan fingerprint density at radius 1 is 0.848 bits per heavy atom. The van der Waals surface area contributed by atoms with Crippen LogP contribution in [0.5, 0.6) is 0 Å². The summed E-state index contributed by atoms with van der Waals surface area (Å²) in [5.74, 6) is -0.185. The van der Waals surface area contributed by atoms with Crippen LogP contribution >= 0.6 is 0 Å². The minimum absolute atomic E-state index is 0.173. The largest absolute Gasteiger partial charge is 0.339 e. The van der Waals surface area contributed by atoms with E-state index in [1.807, 2.05) is 37.3 Å². The quantitative estimate of drug-likeness (QED) is 0.538. The predicted octanol–water partition coefficient (Wildman–Crippen LogP) is 3.53. The molecule has 0 saturated carbocycles. The normalized spacial score (nSPS) is 14.8. The summed E-state index contributed by atoms with van der Waals surface area (Å²) in [6, 6.07) is 25.8. The number of hydrogen-bond donors (Lipinski definition) is 0. The maximum Gasteiger partial charge on any atom is 0.264 e. The fourth-order valence-electron chi connectivity index (χ4n) is 4.04. The predicted molar refractivity (Wildman–Crippen MR) is 130 cm³/mol. The van der Waals surface area contributed by atoms with Crippen molar-refractivity contribution in [1.82, 2.24) is 9.80 Å². The molecule has 4 rings (SSSR count). The third-order valence-electron chi connectivity index (χ3n) is 5.87. The Balaban J connectivity index is 1.48. The zero-order valence-corrected chi connectivity index (χ0v) is 19.6. The summed E-state index contributed by atoms with van der Waals surface area (Å²) in [6.07, 6.45) is 0. The number of carbonyl (C=O) groups excluding carboxylic acids is 1. The molecule has 1 heterocycles. The number of carbonyl (C=O) groups is 1. The first-order valence-electron chi connectivity index (χ1n) is 11.1. The number of piperazine rings is 1. The van der Waals surface area contributed by atoms with Crippen LogP contribution in [0.25, 0.3) is 0 Å². The van der Waals surface area contributed by atoms with E-state index in [0.29, 0.717) is 18.8 Å². The monoisotopic (exact) mass is 463 g/mol. The van der Waals surface area contributed by atoms with E-state index in [2.05, 4.69) is 17.0 Å². The molecule has 3 aromatic rings. The van der Waals surface area contributed by atoms with Crippen molar-refractivity contribution < 1.29 is 13.2 Å². The topological polar surface area (TPSA) is 60.9 Å². The Morgan fingerprint density at radius 2 is 1.48 bits per heavy atom. The molecule has 1 saturated heterocycles. The highest BCUT2D eigenvalue weighted by molar-refractivity contribution is 7.92. The van der Waals surface area contributed by atoms with Gasteiger partial charge in [0.1, 0.15) is 6.54 Å². The first-order chi connectivity index (χ1) is 15.9. The van der Waals surface area contributed by atoms with Crippen molar-refractivity contribution in [1.29, 1.82) is 0 Å². The van der Waals surface area contributed by atoms with E-state index in [9.17, 15) is 13.2 Å². The lowest BCUT2D eigenvalue weighted by Gasteiger charge is -2.36. The molecule has 7 heteroatoms. The van der Waals surface area contributed by atoms with E-state index in [-0.39, 0.29) is 17.3 Å². The van der Waals surface area contributed by atoms with Crippen molar-refractivity contribution in [2.45, 2.75) is 18.4 Å². The van der Waals surface area contributed by atoms with Gasteiger partial charge in [-0.25, -0.2) is 8.42 Å². The molecule has 6 nitrogen and oxygen atoms in total. The molecular formula is C26H29N3O3S. The number of aryl methyl sites for hydroxylation is 1. The third-order valence-corrected chi connectivity index (χ3v) is 7.66. The Bertz CT molecular complexity index is 1180. The first-order valence-corrected chi connectivity index (χ1v) is 12.6. The average Bonchev–Trinajstić information content (AvgIpc) is 2.84. The number of nitrogens with zero attached hydrogens (tertiary/aromatic N) is 3. The summed E-state index contributed by atoms with van der Waals surface area (Å²) in [4.78, 5) is 17.5. The molecule has 1 aliphatic heterocycles. The Hall–Kier alpha value is -3.16. The van der Waals surface area contributed by atoms with Gasteiger partial charge in [-0.2, -0.15) is 0 Å². The van der Waals surface area contributed by atoms with E-state index >= 15 is 0 Å². The standard InChI is InChI=1S/C26H29N3O3S/c1-22-9-8-12-24(19-22)29(33(31,32)25-13-6-3-7-14-25)21-26(30)28-17-15-27(16-18-28)20-23-10-4-2-5-11-23/h2-14,19H,15-18,20-21H2,1H3. The number of anilines is 1. The van der Waals surface area contributed by atoms with Gasteiger partial charge < -0.3 is 4.90 Å². The van der Waals surface area contributed by atoms with Gasteiger partial charge in [-0.1, -0.05) is 60.7 Å². The van der Waals surface area contributed by atoms with Gasteiger partial charge in [-0.3, -0.25) is 14.0 Å². The van der Waals surface area contributed by atoms with Crippen molar-refractivity contribution >= 4 is 21.6 Å². The summed E-state index contributed by atoms with van der Waals surface area (Å²) in [6.45, 7) is 5.22. The molecule has 0 bridgehead atoms. The van der Waals surface area contributed by atoms with Crippen molar-refractivity contribution in [2.75, 3.05) is 37.0 Å². The summed E-state index contributed by atoms with van der Waals surface area (Å²) >= 11 is 0. The molecule has 1 aliphatic rings. The third kappa shape index (κ3) is 5.61. The van der Waals surface area contributed by atoms with Crippen LogP contribution in [0.15, 0.2) is 89.8 Å². The van der Waals surface area contributed by atoms with Crippen LogP contribution in [0.4, 0.5) is 5.69 Å². The van der Waals surface area contributed by atoms with Gasteiger partial charge in [-0.15, -0.1) is 0 Å². The Kier molecular flexibility index (Phi) is 7.11. The summed E-state index contributed by atoms with van der Waals surface area (Å²) in [5.41, 5.74) is 2.68. The van der Waals surface area contributed by atoms with E-state index in [1.54, 1.807) is 47.4 Å². The number of benzene rings is 3. The SMILES string of the molecule is Cc1cccc(N(CC(=O)N2CCN(Cc3ccccc3)CC2)S(=O)(=O)c2ccccc2)c1. The number of amides is 1. The summed E-state index contributed by atoms with van der Waals surface area (Å²) < 4.78 is 28.2. The van der Waals surface area contributed by atoms with Crippen molar-refractivity contribution in [2.24, 2.45) is 0 Å². The Morgan fingerprint density at radius 3 is 2.12 bits per heavy atom. The van der Waals surface area contributed by atoms with Gasteiger partial charge in [0.15, 0.2) is 0 Å².